The van der Waals surface area contributed by atoms with Crippen LogP contribution in [0.1, 0.15) is 30.5 Å². The second-order valence-corrected chi connectivity index (χ2v) is 5.23. The Morgan fingerprint density at radius 1 is 1.35 bits per heavy atom. The first kappa shape index (κ1) is 13.1. The van der Waals surface area contributed by atoms with Crippen LogP contribution in [0, 0.1) is 5.82 Å². The van der Waals surface area contributed by atoms with Crippen molar-refractivity contribution in [1.82, 2.24) is 14.5 Å². The Morgan fingerprint density at radius 2 is 2.10 bits per heavy atom. The Kier molecular flexibility index (Phi) is 3.44. The van der Waals surface area contributed by atoms with E-state index in [0.717, 1.165) is 12.8 Å². The van der Waals surface area contributed by atoms with Crippen molar-refractivity contribution in [2.24, 2.45) is 0 Å². The number of hydrogen-bond donors (Lipinski definition) is 1. The third-order valence-corrected chi connectivity index (χ3v) is 3.82. The lowest BCUT2D eigenvalue weighted by molar-refractivity contribution is 0.462. The SMILES string of the molecule is CNC(Cn1ccn(C2CC2)c1=O)c1ccccc1F. The first-order valence-electron chi connectivity index (χ1n) is 6.89. The largest absolute Gasteiger partial charge is 0.328 e. The van der Waals surface area contributed by atoms with Crippen LogP contribution in [-0.4, -0.2) is 16.2 Å². The molecule has 1 aromatic carbocycles. The summed E-state index contributed by atoms with van der Waals surface area (Å²) >= 11 is 0. The first-order valence-corrected chi connectivity index (χ1v) is 6.89. The minimum Gasteiger partial charge on any atom is -0.311 e. The van der Waals surface area contributed by atoms with Crippen molar-refractivity contribution in [1.29, 1.82) is 0 Å². The van der Waals surface area contributed by atoms with Gasteiger partial charge in [0.05, 0.1) is 6.04 Å². The highest BCUT2D eigenvalue weighted by molar-refractivity contribution is 5.21. The zero-order valence-corrected chi connectivity index (χ0v) is 11.4. The minimum absolute atomic E-state index is 0.0101. The standard InChI is InChI=1S/C15H18FN3O/c1-17-14(12-4-2-3-5-13(12)16)10-18-8-9-19(15(18)20)11-6-7-11/h2-5,8-9,11,14,17H,6-7,10H2,1H3. The van der Waals surface area contributed by atoms with Crippen LogP contribution in [0.3, 0.4) is 0 Å². The third kappa shape index (κ3) is 2.41. The average molecular weight is 275 g/mol. The predicted octanol–water partition coefficient (Wildman–Crippen LogP) is 2.08. The maximum absolute atomic E-state index is 13.8. The highest BCUT2D eigenvalue weighted by atomic mass is 19.1. The van der Waals surface area contributed by atoms with Gasteiger partial charge in [0.1, 0.15) is 5.82 Å². The molecule has 0 bridgehead atoms. The first-order chi connectivity index (χ1) is 9.70. The van der Waals surface area contributed by atoms with Gasteiger partial charge >= 0.3 is 5.69 Å². The minimum atomic E-state index is -0.249. The van der Waals surface area contributed by atoms with E-state index < -0.39 is 0 Å². The average Bonchev–Trinajstić information content (AvgIpc) is 3.23. The lowest BCUT2D eigenvalue weighted by Gasteiger charge is -2.17. The molecular formula is C15H18FN3O. The van der Waals surface area contributed by atoms with Gasteiger partial charge in [0, 0.05) is 30.5 Å². The van der Waals surface area contributed by atoms with E-state index in [1.165, 1.54) is 6.07 Å². The summed E-state index contributed by atoms with van der Waals surface area (Å²) in [6.45, 7) is 0.427. The van der Waals surface area contributed by atoms with E-state index in [1.54, 1.807) is 40.6 Å². The molecule has 1 aliphatic rings. The van der Waals surface area contributed by atoms with Crippen LogP contribution in [0.5, 0.6) is 0 Å². The Labute approximate surface area is 116 Å². The lowest BCUT2D eigenvalue weighted by Crippen LogP contribution is -2.30. The van der Waals surface area contributed by atoms with Gasteiger partial charge in [-0.15, -0.1) is 0 Å². The maximum Gasteiger partial charge on any atom is 0.328 e. The van der Waals surface area contributed by atoms with E-state index in [1.807, 2.05) is 6.20 Å². The second kappa shape index (κ2) is 5.25. The number of nitrogens with one attached hydrogen (secondary N) is 1. The summed E-state index contributed by atoms with van der Waals surface area (Å²) in [4.78, 5) is 12.2. The molecule has 0 spiro atoms. The fraction of sp³-hybridized carbons (Fsp3) is 0.400. The van der Waals surface area contributed by atoms with Crippen LogP contribution in [0.15, 0.2) is 41.5 Å². The van der Waals surface area contributed by atoms with E-state index in [9.17, 15) is 9.18 Å². The van der Waals surface area contributed by atoms with Crippen LogP contribution >= 0.6 is 0 Å². The molecule has 3 rings (SSSR count). The van der Waals surface area contributed by atoms with Crippen molar-refractivity contribution in [3.8, 4) is 0 Å². The van der Waals surface area contributed by atoms with Crippen LogP contribution in [0.4, 0.5) is 4.39 Å². The van der Waals surface area contributed by atoms with Gasteiger partial charge in [-0.3, -0.25) is 9.13 Å². The van der Waals surface area contributed by atoms with E-state index in [4.69, 9.17) is 0 Å². The molecule has 0 amide bonds. The number of halogens is 1. The smallest absolute Gasteiger partial charge is 0.311 e. The van der Waals surface area contributed by atoms with Crippen LogP contribution in [0.25, 0.3) is 0 Å². The molecule has 20 heavy (non-hydrogen) atoms. The van der Waals surface area contributed by atoms with Gasteiger partial charge in [0.2, 0.25) is 0 Å². The van der Waals surface area contributed by atoms with Gasteiger partial charge in [-0.2, -0.15) is 0 Å². The van der Waals surface area contributed by atoms with Crippen LogP contribution in [0.2, 0.25) is 0 Å². The van der Waals surface area contributed by atoms with Gasteiger partial charge in [-0.05, 0) is 26.0 Å². The number of rotatable bonds is 5. The molecule has 0 aliphatic heterocycles. The highest BCUT2D eigenvalue weighted by Crippen LogP contribution is 2.33. The summed E-state index contributed by atoms with van der Waals surface area (Å²) in [5.74, 6) is -0.249. The van der Waals surface area contributed by atoms with E-state index in [2.05, 4.69) is 5.32 Å². The summed E-state index contributed by atoms with van der Waals surface area (Å²) in [6, 6.07) is 6.81. The fourth-order valence-electron chi connectivity index (χ4n) is 2.50. The Morgan fingerprint density at radius 3 is 2.75 bits per heavy atom. The van der Waals surface area contributed by atoms with Gasteiger partial charge in [-0.1, -0.05) is 18.2 Å². The van der Waals surface area contributed by atoms with E-state index in [0.29, 0.717) is 18.2 Å². The molecule has 2 aromatic rings. The normalized spacial score (nSPS) is 16.3. The molecule has 106 valence electrons. The Bertz CT molecular complexity index is 657. The molecule has 4 nitrogen and oxygen atoms in total. The summed E-state index contributed by atoms with van der Waals surface area (Å²) in [5.41, 5.74) is 0.574. The Balaban J connectivity index is 1.85. The molecule has 1 heterocycles. The van der Waals surface area contributed by atoms with Crippen molar-refractivity contribution in [2.75, 3.05) is 7.05 Å². The molecule has 1 aliphatic carbocycles. The van der Waals surface area contributed by atoms with Crippen LogP contribution < -0.4 is 11.0 Å². The fourth-order valence-corrected chi connectivity index (χ4v) is 2.50. The maximum atomic E-state index is 13.8. The summed E-state index contributed by atoms with van der Waals surface area (Å²) < 4.78 is 17.3. The number of benzene rings is 1. The number of nitrogens with zero attached hydrogens (tertiary/aromatic N) is 2. The molecule has 0 saturated heterocycles. The number of hydrogen-bond acceptors (Lipinski definition) is 2. The molecule has 1 unspecified atom stereocenters. The van der Waals surface area contributed by atoms with Crippen molar-refractivity contribution >= 4 is 0 Å². The van der Waals surface area contributed by atoms with Crippen molar-refractivity contribution in [3.05, 3.63) is 58.5 Å². The topological polar surface area (TPSA) is 39.0 Å². The molecule has 0 radical (unpaired) electrons. The zero-order valence-electron chi connectivity index (χ0n) is 11.4. The number of aromatic nitrogens is 2. The monoisotopic (exact) mass is 275 g/mol. The molecule has 1 N–H and O–H groups in total. The molecule has 1 atom stereocenters. The zero-order chi connectivity index (χ0) is 14.1. The molecule has 1 aromatic heterocycles. The van der Waals surface area contributed by atoms with Crippen molar-refractivity contribution < 1.29 is 4.39 Å². The number of likely N-dealkylation sites (N-methyl/N-ethyl adjacent to an activating group) is 1. The van der Waals surface area contributed by atoms with Crippen molar-refractivity contribution in [2.45, 2.75) is 31.5 Å². The van der Waals surface area contributed by atoms with E-state index in [-0.39, 0.29) is 17.5 Å². The van der Waals surface area contributed by atoms with E-state index >= 15 is 0 Å². The molecule has 5 heteroatoms. The quantitative estimate of drug-likeness (QED) is 0.907. The summed E-state index contributed by atoms with van der Waals surface area (Å²) in [6.07, 6.45) is 5.76. The van der Waals surface area contributed by atoms with Crippen molar-refractivity contribution in [3.63, 3.8) is 0 Å². The van der Waals surface area contributed by atoms with Gasteiger partial charge < -0.3 is 5.32 Å². The van der Waals surface area contributed by atoms with Crippen LogP contribution in [-0.2, 0) is 6.54 Å². The molecular weight excluding hydrogens is 257 g/mol. The number of imidazole rings is 1. The van der Waals surface area contributed by atoms with Gasteiger partial charge in [0.15, 0.2) is 0 Å². The highest BCUT2D eigenvalue weighted by Gasteiger charge is 2.26. The summed E-state index contributed by atoms with van der Waals surface area (Å²) in [7, 11) is 1.78. The molecule has 1 saturated carbocycles. The Hall–Kier alpha value is -1.88. The second-order valence-electron chi connectivity index (χ2n) is 5.23. The van der Waals surface area contributed by atoms with Gasteiger partial charge in [0.25, 0.3) is 0 Å². The summed E-state index contributed by atoms with van der Waals surface area (Å²) in [5, 5.41) is 3.08. The van der Waals surface area contributed by atoms with Gasteiger partial charge in [-0.25, -0.2) is 9.18 Å². The predicted molar refractivity (Wildman–Crippen MR) is 75.2 cm³/mol. The lowest BCUT2D eigenvalue weighted by atomic mass is 10.1. The third-order valence-electron chi connectivity index (χ3n) is 3.82. The molecule has 1 fully saturated rings.